The molecule has 3 nitrogen and oxygen atoms in total. The van der Waals surface area contributed by atoms with Gasteiger partial charge in [0.05, 0.1) is 5.69 Å². The predicted octanol–water partition coefficient (Wildman–Crippen LogP) is 7.02. The number of anilines is 1. The fourth-order valence-electron chi connectivity index (χ4n) is 3.56. The van der Waals surface area contributed by atoms with Crippen molar-refractivity contribution in [3.05, 3.63) is 115 Å². The summed E-state index contributed by atoms with van der Waals surface area (Å²) in [4.78, 5) is 8.69. The molecule has 0 aliphatic rings. The Morgan fingerprint density at radius 2 is 1.52 bits per heavy atom. The summed E-state index contributed by atoms with van der Waals surface area (Å²) in [6.45, 7) is 10.5. The number of hydrogen-bond donors (Lipinski definition) is 1. The SMILES string of the molecule is C=Cc1ccc(-c2cncc(NCc3ccc(-c4ccnc(C)c4)cc3)c2)cc1C=C. The first kappa shape index (κ1) is 20.3. The summed E-state index contributed by atoms with van der Waals surface area (Å²) in [7, 11) is 0. The van der Waals surface area contributed by atoms with Gasteiger partial charge < -0.3 is 5.32 Å². The number of nitrogens with zero attached hydrogens (tertiary/aromatic N) is 2. The maximum absolute atomic E-state index is 4.42. The Morgan fingerprint density at radius 3 is 2.26 bits per heavy atom. The predicted molar refractivity (Wildman–Crippen MR) is 132 cm³/mol. The second-order valence-electron chi connectivity index (χ2n) is 7.45. The van der Waals surface area contributed by atoms with E-state index in [1.165, 1.54) is 16.7 Å². The second-order valence-corrected chi connectivity index (χ2v) is 7.45. The smallest absolute Gasteiger partial charge is 0.0535 e. The molecule has 0 fully saturated rings. The number of rotatable bonds is 7. The standard InChI is InChI=1S/C28H25N3/c1-4-22-10-11-25(15-23(22)5-2)27-16-28(19-29-18-27)31-17-21-6-8-24(9-7-21)26-12-13-30-20(3)14-26/h4-16,18-19,31H,1-2,17H2,3H3. The van der Waals surface area contributed by atoms with Gasteiger partial charge in [0.1, 0.15) is 0 Å². The normalized spacial score (nSPS) is 10.5. The molecule has 0 spiro atoms. The molecule has 0 amide bonds. The van der Waals surface area contributed by atoms with Crippen molar-refractivity contribution in [3.63, 3.8) is 0 Å². The number of benzene rings is 2. The van der Waals surface area contributed by atoms with Crippen LogP contribution in [0.25, 0.3) is 34.4 Å². The first-order valence-corrected chi connectivity index (χ1v) is 10.3. The highest BCUT2D eigenvalue weighted by Gasteiger charge is 2.04. The van der Waals surface area contributed by atoms with Crippen molar-refractivity contribution >= 4 is 17.8 Å². The number of nitrogens with one attached hydrogen (secondary N) is 1. The largest absolute Gasteiger partial charge is 0.380 e. The van der Waals surface area contributed by atoms with E-state index in [2.05, 4.69) is 83.0 Å². The molecule has 0 saturated heterocycles. The van der Waals surface area contributed by atoms with Gasteiger partial charge in [0.15, 0.2) is 0 Å². The first-order chi connectivity index (χ1) is 15.2. The van der Waals surface area contributed by atoms with E-state index < -0.39 is 0 Å². The third kappa shape index (κ3) is 4.78. The molecular weight excluding hydrogens is 378 g/mol. The third-order valence-electron chi connectivity index (χ3n) is 5.28. The number of pyridine rings is 2. The van der Waals surface area contributed by atoms with Gasteiger partial charge in [0.2, 0.25) is 0 Å². The lowest BCUT2D eigenvalue weighted by Crippen LogP contribution is -2.00. The minimum absolute atomic E-state index is 0.730. The fourth-order valence-corrected chi connectivity index (χ4v) is 3.56. The Morgan fingerprint density at radius 1 is 0.774 bits per heavy atom. The molecule has 1 N–H and O–H groups in total. The zero-order chi connectivity index (χ0) is 21.6. The van der Waals surface area contributed by atoms with E-state index in [9.17, 15) is 0 Å². The quantitative estimate of drug-likeness (QED) is 0.360. The molecule has 0 saturated carbocycles. The average Bonchev–Trinajstić information content (AvgIpc) is 2.83. The van der Waals surface area contributed by atoms with Crippen molar-refractivity contribution in [2.75, 3.05) is 5.32 Å². The molecule has 0 aliphatic carbocycles. The van der Waals surface area contributed by atoms with Gasteiger partial charge in [0.25, 0.3) is 0 Å². The molecule has 31 heavy (non-hydrogen) atoms. The number of aryl methyl sites for hydroxylation is 1. The Kier molecular flexibility index (Phi) is 6.04. The summed E-state index contributed by atoms with van der Waals surface area (Å²) >= 11 is 0. The van der Waals surface area contributed by atoms with E-state index in [1.54, 1.807) is 0 Å². The average molecular weight is 404 g/mol. The van der Waals surface area contributed by atoms with E-state index in [-0.39, 0.29) is 0 Å². The molecular formula is C28H25N3. The van der Waals surface area contributed by atoms with Gasteiger partial charge in [-0.25, -0.2) is 0 Å². The van der Waals surface area contributed by atoms with Crippen molar-refractivity contribution in [3.8, 4) is 22.3 Å². The van der Waals surface area contributed by atoms with Crippen LogP contribution in [0.4, 0.5) is 5.69 Å². The molecule has 152 valence electrons. The number of hydrogen-bond acceptors (Lipinski definition) is 3. The van der Waals surface area contributed by atoms with Crippen LogP contribution >= 0.6 is 0 Å². The van der Waals surface area contributed by atoms with E-state index in [0.717, 1.165) is 40.2 Å². The lowest BCUT2D eigenvalue weighted by atomic mass is 10.00. The van der Waals surface area contributed by atoms with Crippen LogP contribution in [-0.2, 0) is 6.54 Å². The van der Waals surface area contributed by atoms with Crippen LogP contribution in [0, 0.1) is 6.92 Å². The summed E-state index contributed by atoms with van der Waals surface area (Å²) in [5, 5.41) is 3.48. The zero-order valence-corrected chi connectivity index (χ0v) is 17.7. The van der Waals surface area contributed by atoms with Crippen LogP contribution in [0.3, 0.4) is 0 Å². The topological polar surface area (TPSA) is 37.8 Å². The van der Waals surface area contributed by atoms with E-state index in [1.807, 2.05) is 43.7 Å². The van der Waals surface area contributed by atoms with E-state index in [0.29, 0.717) is 0 Å². The van der Waals surface area contributed by atoms with Gasteiger partial charge in [-0.2, -0.15) is 0 Å². The minimum Gasteiger partial charge on any atom is -0.380 e. The lowest BCUT2D eigenvalue weighted by Gasteiger charge is -2.10. The van der Waals surface area contributed by atoms with Gasteiger partial charge in [-0.15, -0.1) is 0 Å². The highest BCUT2D eigenvalue weighted by Crippen LogP contribution is 2.26. The maximum Gasteiger partial charge on any atom is 0.0535 e. The molecule has 3 heteroatoms. The summed E-state index contributed by atoms with van der Waals surface area (Å²) in [5.41, 5.74) is 9.91. The molecule has 4 rings (SSSR count). The summed E-state index contributed by atoms with van der Waals surface area (Å²) < 4.78 is 0. The molecule has 0 unspecified atom stereocenters. The highest BCUT2D eigenvalue weighted by atomic mass is 14.9. The van der Waals surface area contributed by atoms with Gasteiger partial charge in [-0.3, -0.25) is 9.97 Å². The Bertz CT molecular complexity index is 1220. The summed E-state index contributed by atoms with van der Waals surface area (Å²) in [6.07, 6.45) is 9.28. The van der Waals surface area contributed by atoms with Gasteiger partial charge in [-0.1, -0.05) is 61.7 Å². The molecule has 2 heterocycles. The van der Waals surface area contributed by atoms with Gasteiger partial charge in [0, 0.05) is 36.4 Å². The van der Waals surface area contributed by atoms with E-state index in [4.69, 9.17) is 0 Å². The third-order valence-corrected chi connectivity index (χ3v) is 5.28. The van der Waals surface area contributed by atoms with Gasteiger partial charge >= 0.3 is 0 Å². The van der Waals surface area contributed by atoms with Crippen molar-refractivity contribution in [1.82, 2.24) is 9.97 Å². The van der Waals surface area contributed by atoms with Gasteiger partial charge in [-0.05, 0) is 64.6 Å². The number of aromatic nitrogens is 2. The molecule has 2 aromatic carbocycles. The highest BCUT2D eigenvalue weighted by molar-refractivity contribution is 5.74. The second kappa shape index (κ2) is 9.23. The fraction of sp³-hybridized carbons (Fsp3) is 0.0714. The molecule has 0 radical (unpaired) electrons. The van der Waals surface area contributed by atoms with Crippen molar-refractivity contribution in [1.29, 1.82) is 0 Å². The zero-order valence-electron chi connectivity index (χ0n) is 17.7. The monoisotopic (exact) mass is 403 g/mol. The first-order valence-electron chi connectivity index (χ1n) is 10.3. The molecule has 0 atom stereocenters. The maximum atomic E-state index is 4.42. The van der Waals surface area contributed by atoms with Crippen LogP contribution in [-0.4, -0.2) is 9.97 Å². The van der Waals surface area contributed by atoms with Crippen LogP contribution in [0.5, 0.6) is 0 Å². The Hall–Kier alpha value is -3.98. The minimum atomic E-state index is 0.730. The van der Waals surface area contributed by atoms with Crippen LogP contribution in [0.1, 0.15) is 22.4 Å². The van der Waals surface area contributed by atoms with Crippen molar-refractivity contribution in [2.45, 2.75) is 13.5 Å². The van der Waals surface area contributed by atoms with Crippen LogP contribution in [0.2, 0.25) is 0 Å². The van der Waals surface area contributed by atoms with Crippen LogP contribution < -0.4 is 5.32 Å². The summed E-state index contributed by atoms with van der Waals surface area (Å²) in [6, 6.07) is 21.1. The summed E-state index contributed by atoms with van der Waals surface area (Å²) in [5.74, 6) is 0. The Balaban J connectivity index is 1.47. The lowest BCUT2D eigenvalue weighted by molar-refractivity contribution is 1.14. The molecule has 4 aromatic rings. The van der Waals surface area contributed by atoms with Crippen LogP contribution in [0.15, 0.2) is 92.4 Å². The molecule has 2 aromatic heterocycles. The van der Waals surface area contributed by atoms with Crippen molar-refractivity contribution < 1.29 is 0 Å². The van der Waals surface area contributed by atoms with Crippen molar-refractivity contribution in [2.24, 2.45) is 0 Å². The van der Waals surface area contributed by atoms with E-state index >= 15 is 0 Å². The Labute approximate surface area is 183 Å². The molecule has 0 aliphatic heterocycles. The molecule has 0 bridgehead atoms.